The van der Waals surface area contributed by atoms with Crippen molar-refractivity contribution in [3.63, 3.8) is 0 Å². The van der Waals surface area contributed by atoms with Crippen LogP contribution in [0.15, 0.2) is 41.8 Å². The number of rotatable bonds is 10. The summed E-state index contributed by atoms with van der Waals surface area (Å²) in [5.74, 6) is -2.77. The summed E-state index contributed by atoms with van der Waals surface area (Å²) < 4.78 is 83.4. The Hall–Kier alpha value is -4.02. The molecule has 0 aliphatic carbocycles. The summed E-state index contributed by atoms with van der Waals surface area (Å²) >= 11 is 0. The molecule has 2 heterocycles. The molecule has 262 valence electrons. The van der Waals surface area contributed by atoms with Gasteiger partial charge in [0.25, 0.3) is 11.8 Å². The Balaban J connectivity index is 1.42. The van der Waals surface area contributed by atoms with Gasteiger partial charge >= 0.3 is 12.5 Å². The Morgan fingerprint density at radius 1 is 1.00 bits per heavy atom. The van der Waals surface area contributed by atoms with E-state index in [2.05, 4.69) is 10.1 Å². The number of ether oxygens (including phenoxy) is 1. The van der Waals surface area contributed by atoms with E-state index in [9.17, 15) is 45.5 Å². The lowest BCUT2D eigenvalue weighted by Gasteiger charge is -2.39. The van der Waals surface area contributed by atoms with Gasteiger partial charge in [-0.1, -0.05) is 6.07 Å². The zero-order chi connectivity index (χ0) is 35.7. The molecular weight excluding hydrogens is 660 g/mol. The third-order valence-corrected chi connectivity index (χ3v) is 10.3. The van der Waals surface area contributed by atoms with Crippen molar-refractivity contribution < 1.29 is 50.2 Å². The fourth-order valence-electron chi connectivity index (χ4n) is 5.72. The highest BCUT2D eigenvalue weighted by molar-refractivity contribution is 7.92. The number of hydrogen-bond acceptors (Lipinski definition) is 7. The van der Waals surface area contributed by atoms with Crippen molar-refractivity contribution in [2.75, 3.05) is 26.2 Å². The van der Waals surface area contributed by atoms with E-state index in [1.165, 1.54) is 12.1 Å². The summed E-state index contributed by atoms with van der Waals surface area (Å²) in [7, 11) is -4.02. The van der Waals surface area contributed by atoms with Crippen LogP contribution < -0.4 is 15.8 Å². The normalized spacial score (nSPS) is 18.6. The van der Waals surface area contributed by atoms with Gasteiger partial charge in [-0.25, -0.2) is 8.42 Å². The first-order valence-corrected chi connectivity index (χ1v) is 16.6. The highest BCUT2D eigenvalue weighted by atomic mass is 32.2. The standard InChI is InChI=1S/C32H38F4N4O7S/c1-20-17-23(27(42)39-12-8-30(3,44)9-13-39)18-21(2)25(20)7-16-48(45,46)40-14-10-31(11-15-40,29(37)43)38-26(41)22-5-4-6-24(19-22)47-32(35,36)28(33)34/h4-7,16-19,28,44H,8-15H2,1-3H3,(H2,37,43)(H,38,41)/b16-7+. The molecule has 3 amide bonds. The Morgan fingerprint density at radius 2 is 1.58 bits per heavy atom. The molecule has 16 heteroatoms. The fourth-order valence-corrected chi connectivity index (χ4v) is 6.89. The van der Waals surface area contributed by atoms with Crippen LogP contribution in [0, 0.1) is 13.8 Å². The molecule has 2 saturated heterocycles. The molecule has 4 N–H and O–H groups in total. The number of alkyl halides is 4. The van der Waals surface area contributed by atoms with E-state index in [0.29, 0.717) is 48.2 Å². The van der Waals surface area contributed by atoms with Gasteiger partial charge in [0.05, 0.1) is 5.60 Å². The molecule has 2 aromatic rings. The first-order valence-electron chi connectivity index (χ1n) is 15.1. The minimum Gasteiger partial charge on any atom is -0.428 e. The molecule has 0 spiro atoms. The molecule has 0 atom stereocenters. The van der Waals surface area contributed by atoms with Gasteiger partial charge in [0.15, 0.2) is 0 Å². The molecule has 4 rings (SSSR count). The van der Waals surface area contributed by atoms with Gasteiger partial charge in [0.1, 0.15) is 11.3 Å². The number of aryl methyl sites for hydroxylation is 2. The fraction of sp³-hybridized carbons (Fsp3) is 0.469. The molecular formula is C32H38F4N4O7S. The lowest BCUT2D eigenvalue weighted by molar-refractivity contribution is -0.253. The number of sulfonamides is 1. The van der Waals surface area contributed by atoms with Crippen LogP contribution in [0.5, 0.6) is 5.75 Å². The van der Waals surface area contributed by atoms with Crippen LogP contribution in [-0.2, 0) is 14.8 Å². The van der Waals surface area contributed by atoms with Gasteiger partial charge in [0, 0.05) is 42.7 Å². The van der Waals surface area contributed by atoms with Crippen LogP contribution in [-0.4, -0.2) is 90.3 Å². The van der Waals surface area contributed by atoms with E-state index in [0.717, 1.165) is 27.9 Å². The number of carbonyl (C=O) groups excluding carboxylic acids is 3. The number of nitrogens with two attached hydrogens (primary N) is 1. The van der Waals surface area contributed by atoms with Crippen LogP contribution in [0.2, 0.25) is 0 Å². The average Bonchev–Trinajstić information content (AvgIpc) is 3.00. The third kappa shape index (κ3) is 8.33. The molecule has 48 heavy (non-hydrogen) atoms. The van der Waals surface area contributed by atoms with Crippen molar-refractivity contribution in [3.05, 3.63) is 69.6 Å². The first-order chi connectivity index (χ1) is 22.3. The van der Waals surface area contributed by atoms with Crippen molar-refractivity contribution in [2.45, 2.75) is 70.1 Å². The van der Waals surface area contributed by atoms with Gasteiger partial charge in [-0.15, -0.1) is 0 Å². The average molecular weight is 699 g/mol. The van der Waals surface area contributed by atoms with Crippen molar-refractivity contribution in [3.8, 4) is 5.75 Å². The SMILES string of the molecule is Cc1cc(C(=O)N2CCC(C)(O)CC2)cc(C)c1/C=C/S(=O)(=O)N1CCC(NC(=O)c2cccc(OC(F)(F)C(F)F)c2)(C(N)=O)CC1. The second kappa shape index (κ2) is 13.8. The minimum absolute atomic E-state index is 0.174. The van der Waals surface area contributed by atoms with E-state index >= 15 is 0 Å². The van der Waals surface area contributed by atoms with Crippen LogP contribution in [0.4, 0.5) is 17.6 Å². The van der Waals surface area contributed by atoms with Gasteiger partial charge in [-0.3, -0.25) is 14.4 Å². The quantitative estimate of drug-likeness (QED) is 0.320. The van der Waals surface area contributed by atoms with E-state index in [1.807, 2.05) is 0 Å². The monoisotopic (exact) mass is 698 g/mol. The summed E-state index contributed by atoms with van der Waals surface area (Å²) in [5.41, 5.74) is 5.25. The maximum Gasteiger partial charge on any atom is 0.461 e. The van der Waals surface area contributed by atoms with E-state index in [-0.39, 0.29) is 37.4 Å². The summed E-state index contributed by atoms with van der Waals surface area (Å²) in [6, 6.07) is 7.44. The number of nitrogens with one attached hydrogen (secondary N) is 1. The first kappa shape index (κ1) is 36.8. The molecule has 2 aromatic carbocycles. The second-order valence-corrected chi connectivity index (χ2v) is 14.3. The lowest BCUT2D eigenvalue weighted by atomic mass is 9.87. The van der Waals surface area contributed by atoms with Crippen LogP contribution in [0.3, 0.4) is 0 Å². The van der Waals surface area contributed by atoms with Crippen LogP contribution in [0.1, 0.15) is 70.0 Å². The van der Waals surface area contributed by atoms with Gasteiger partial charge in [-0.05, 0) is 99.6 Å². The number of carbonyl (C=O) groups is 3. The molecule has 0 bridgehead atoms. The highest BCUT2D eigenvalue weighted by Crippen LogP contribution is 2.30. The number of aliphatic hydroxyl groups is 1. The van der Waals surface area contributed by atoms with Gasteiger partial charge in [0.2, 0.25) is 15.9 Å². The molecule has 2 aliphatic rings. The van der Waals surface area contributed by atoms with Crippen LogP contribution >= 0.6 is 0 Å². The zero-order valence-electron chi connectivity index (χ0n) is 26.6. The number of benzene rings is 2. The lowest BCUT2D eigenvalue weighted by Crippen LogP contribution is -2.62. The molecule has 2 aliphatic heterocycles. The predicted octanol–water partition coefficient (Wildman–Crippen LogP) is 3.58. The molecule has 0 radical (unpaired) electrons. The van der Waals surface area contributed by atoms with E-state index < -0.39 is 51.3 Å². The number of piperidine rings is 2. The molecule has 0 unspecified atom stereocenters. The molecule has 0 saturated carbocycles. The molecule has 11 nitrogen and oxygen atoms in total. The largest absolute Gasteiger partial charge is 0.461 e. The summed E-state index contributed by atoms with van der Waals surface area (Å²) in [6.45, 7) is 5.70. The maximum absolute atomic E-state index is 13.3. The van der Waals surface area contributed by atoms with Gasteiger partial charge in [-0.2, -0.15) is 21.9 Å². The number of halogens is 4. The smallest absolute Gasteiger partial charge is 0.428 e. The summed E-state index contributed by atoms with van der Waals surface area (Å²) in [4.78, 5) is 40.2. The Kier molecular flexibility index (Phi) is 10.6. The summed E-state index contributed by atoms with van der Waals surface area (Å²) in [6.07, 6.45) is -6.96. The molecule has 0 aromatic heterocycles. The van der Waals surface area contributed by atoms with E-state index in [4.69, 9.17) is 5.73 Å². The Labute approximate surface area is 275 Å². The number of hydrogen-bond donors (Lipinski definition) is 3. The third-order valence-electron chi connectivity index (χ3n) is 8.74. The Morgan fingerprint density at radius 3 is 2.12 bits per heavy atom. The second-order valence-electron chi connectivity index (χ2n) is 12.5. The summed E-state index contributed by atoms with van der Waals surface area (Å²) in [5, 5.41) is 13.7. The highest BCUT2D eigenvalue weighted by Gasteiger charge is 2.45. The number of primary amides is 1. The predicted molar refractivity (Wildman–Crippen MR) is 168 cm³/mol. The zero-order valence-corrected chi connectivity index (χ0v) is 27.5. The van der Waals surface area contributed by atoms with Crippen molar-refractivity contribution in [1.29, 1.82) is 0 Å². The number of likely N-dealkylation sites (tertiary alicyclic amines) is 1. The minimum atomic E-state index is -4.80. The Bertz CT molecular complexity index is 1670. The van der Waals surface area contributed by atoms with Gasteiger partial charge < -0.3 is 25.8 Å². The number of nitrogens with zero attached hydrogens (tertiary/aromatic N) is 2. The van der Waals surface area contributed by atoms with Crippen molar-refractivity contribution >= 4 is 33.8 Å². The van der Waals surface area contributed by atoms with Crippen LogP contribution in [0.25, 0.3) is 6.08 Å². The topological polar surface area (TPSA) is 159 Å². The van der Waals surface area contributed by atoms with Crippen molar-refractivity contribution in [1.82, 2.24) is 14.5 Å². The number of amides is 3. The van der Waals surface area contributed by atoms with Crippen molar-refractivity contribution in [2.24, 2.45) is 5.73 Å². The van der Waals surface area contributed by atoms with E-state index in [1.54, 1.807) is 37.8 Å². The maximum atomic E-state index is 13.3. The molecule has 2 fully saturated rings.